The minimum absolute atomic E-state index is 0.000537. The first kappa shape index (κ1) is 11.5. The second-order valence-corrected chi connectivity index (χ2v) is 5.79. The highest BCUT2D eigenvalue weighted by Crippen LogP contribution is 2.29. The van der Waals surface area contributed by atoms with Crippen LogP contribution >= 0.6 is 11.8 Å². The largest absolute Gasteiger partial charge is 0.345 e. The minimum Gasteiger partial charge on any atom is -0.345 e. The summed E-state index contributed by atoms with van der Waals surface area (Å²) in [6, 6.07) is 5.86. The van der Waals surface area contributed by atoms with Crippen molar-refractivity contribution in [3.05, 3.63) is 34.9 Å². The first-order valence-corrected chi connectivity index (χ1v) is 6.63. The van der Waals surface area contributed by atoms with Gasteiger partial charge in [-0.2, -0.15) is 11.8 Å². The molecule has 16 heavy (non-hydrogen) atoms. The molecule has 1 heterocycles. The van der Waals surface area contributed by atoms with E-state index in [-0.39, 0.29) is 11.4 Å². The summed E-state index contributed by atoms with van der Waals surface area (Å²) in [5.41, 5.74) is 3.16. The van der Waals surface area contributed by atoms with Crippen LogP contribution in [0.1, 0.15) is 28.4 Å². The Labute approximate surface area is 101 Å². The van der Waals surface area contributed by atoms with Gasteiger partial charge in [0.15, 0.2) is 0 Å². The van der Waals surface area contributed by atoms with Gasteiger partial charge in [0.05, 0.1) is 5.54 Å². The first-order valence-electron chi connectivity index (χ1n) is 5.48. The molecule has 0 spiro atoms. The van der Waals surface area contributed by atoms with Gasteiger partial charge >= 0.3 is 0 Å². The molecule has 0 atom stereocenters. The molecule has 2 rings (SSSR count). The van der Waals surface area contributed by atoms with Crippen LogP contribution in [0.15, 0.2) is 18.2 Å². The molecule has 0 bridgehead atoms. The lowest BCUT2D eigenvalue weighted by Gasteiger charge is -2.38. The highest BCUT2D eigenvalue weighted by molar-refractivity contribution is 8.00. The number of aryl methyl sites for hydroxylation is 2. The van der Waals surface area contributed by atoms with Crippen LogP contribution in [-0.2, 0) is 0 Å². The average Bonchev–Trinajstić information content (AvgIpc) is 2.19. The maximum Gasteiger partial charge on any atom is 0.251 e. The zero-order valence-electron chi connectivity index (χ0n) is 9.96. The Bertz CT molecular complexity index is 424. The minimum atomic E-state index is 0.000537. The Morgan fingerprint density at radius 2 is 2.00 bits per heavy atom. The number of nitrogens with one attached hydrogen (secondary N) is 1. The van der Waals surface area contributed by atoms with Crippen molar-refractivity contribution in [3.8, 4) is 0 Å². The van der Waals surface area contributed by atoms with Crippen LogP contribution < -0.4 is 5.32 Å². The van der Waals surface area contributed by atoms with Crippen molar-refractivity contribution < 1.29 is 4.79 Å². The summed E-state index contributed by atoms with van der Waals surface area (Å²) in [4.78, 5) is 12.0. The average molecular weight is 235 g/mol. The summed E-state index contributed by atoms with van der Waals surface area (Å²) in [5.74, 6) is 2.08. The SMILES string of the molecule is Cc1ccc(C(=O)NC2(C)CSC2)cc1C. The lowest BCUT2D eigenvalue weighted by molar-refractivity contribution is 0.0919. The van der Waals surface area contributed by atoms with Crippen molar-refractivity contribution in [2.45, 2.75) is 26.3 Å². The van der Waals surface area contributed by atoms with E-state index in [0.717, 1.165) is 17.1 Å². The van der Waals surface area contributed by atoms with Crippen LogP contribution in [0.3, 0.4) is 0 Å². The van der Waals surface area contributed by atoms with E-state index in [1.807, 2.05) is 36.9 Å². The Kier molecular flexibility index (Phi) is 2.98. The van der Waals surface area contributed by atoms with Gasteiger partial charge in [0.1, 0.15) is 0 Å². The van der Waals surface area contributed by atoms with E-state index in [4.69, 9.17) is 0 Å². The predicted octanol–water partition coefficient (Wildman–Crippen LogP) is 2.54. The van der Waals surface area contributed by atoms with Gasteiger partial charge in [0, 0.05) is 17.1 Å². The molecule has 1 aliphatic heterocycles. The summed E-state index contributed by atoms with van der Waals surface area (Å²) in [5, 5.41) is 3.10. The van der Waals surface area contributed by atoms with Crippen molar-refractivity contribution in [2.24, 2.45) is 0 Å². The molecule has 86 valence electrons. The molecule has 0 aliphatic carbocycles. The zero-order valence-corrected chi connectivity index (χ0v) is 10.8. The fourth-order valence-corrected chi connectivity index (χ4v) is 2.67. The molecule has 1 aromatic carbocycles. The third-order valence-corrected chi connectivity index (χ3v) is 4.71. The quantitative estimate of drug-likeness (QED) is 0.853. The van der Waals surface area contributed by atoms with E-state index in [2.05, 4.69) is 19.2 Å². The Morgan fingerprint density at radius 3 is 2.50 bits per heavy atom. The highest BCUT2D eigenvalue weighted by Gasteiger charge is 2.34. The maximum absolute atomic E-state index is 12.0. The van der Waals surface area contributed by atoms with Crippen LogP contribution in [0, 0.1) is 13.8 Å². The van der Waals surface area contributed by atoms with Crippen molar-refractivity contribution >= 4 is 17.7 Å². The molecule has 1 fully saturated rings. The molecule has 1 amide bonds. The molecule has 2 nitrogen and oxygen atoms in total. The summed E-state index contributed by atoms with van der Waals surface area (Å²) in [7, 11) is 0. The second kappa shape index (κ2) is 4.13. The van der Waals surface area contributed by atoms with Crippen molar-refractivity contribution in [2.75, 3.05) is 11.5 Å². The van der Waals surface area contributed by atoms with Crippen LogP contribution in [-0.4, -0.2) is 23.0 Å². The third kappa shape index (κ3) is 2.24. The summed E-state index contributed by atoms with van der Waals surface area (Å²) < 4.78 is 0. The van der Waals surface area contributed by atoms with E-state index >= 15 is 0 Å². The van der Waals surface area contributed by atoms with Crippen molar-refractivity contribution in [3.63, 3.8) is 0 Å². The molecule has 3 heteroatoms. The molecular formula is C13H17NOS. The van der Waals surface area contributed by atoms with Gasteiger partial charge < -0.3 is 5.32 Å². The first-order chi connectivity index (χ1) is 7.50. The molecule has 1 aliphatic rings. The van der Waals surface area contributed by atoms with E-state index in [1.54, 1.807) is 0 Å². The normalized spacial score (nSPS) is 17.7. The van der Waals surface area contributed by atoms with Gasteiger partial charge in [-0.1, -0.05) is 6.07 Å². The fraction of sp³-hybridized carbons (Fsp3) is 0.462. The van der Waals surface area contributed by atoms with E-state index in [9.17, 15) is 4.79 Å². The monoisotopic (exact) mass is 235 g/mol. The Morgan fingerprint density at radius 1 is 1.31 bits per heavy atom. The van der Waals surface area contributed by atoms with Crippen LogP contribution in [0.5, 0.6) is 0 Å². The van der Waals surface area contributed by atoms with Crippen LogP contribution in [0.2, 0.25) is 0 Å². The molecule has 0 unspecified atom stereocenters. The van der Waals surface area contributed by atoms with E-state index in [1.165, 1.54) is 11.1 Å². The molecule has 0 saturated carbocycles. The molecular weight excluding hydrogens is 218 g/mol. The second-order valence-electron chi connectivity index (χ2n) is 4.81. The van der Waals surface area contributed by atoms with Crippen molar-refractivity contribution in [1.29, 1.82) is 0 Å². The molecule has 1 saturated heterocycles. The fourth-order valence-electron chi connectivity index (χ4n) is 1.71. The maximum atomic E-state index is 12.0. The predicted molar refractivity (Wildman–Crippen MR) is 69.1 cm³/mol. The third-order valence-electron chi connectivity index (χ3n) is 3.03. The lowest BCUT2D eigenvalue weighted by Crippen LogP contribution is -2.55. The summed E-state index contributed by atoms with van der Waals surface area (Å²) >= 11 is 1.87. The number of thioether (sulfide) groups is 1. The van der Waals surface area contributed by atoms with E-state index in [0.29, 0.717) is 0 Å². The number of carbonyl (C=O) groups excluding carboxylic acids is 1. The van der Waals surface area contributed by atoms with Gasteiger partial charge in [-0.05, 0) is 44.0 Å². The number of benzene rings is 1. The van der Waals surface area contributed by atoms with Gasteiger partial charge in [0.2, 0.25) is 0 Å². The van der Waals surface area contributed by atoms with Gasteiger partial charge in [0.25, 0.3) is 5.91 Å². The number of carbonyl (C=O) groups is 1. The Balaban J connectivity index is 2.11. The van der Waals surface area contributed by atoms with E-state index < -0.39 is 0 Å². The van der Waals surface area contributed by atoms with Gasteiger partial charge in [-0.25, -0.2) is 0 Å². The van der Waals surface area contributed by atoms with Gasteiger partial charge in [-0.15, -0.1) is 0 Å². The van der Waals surface area contributed by atoms with Crippen LogP contribution in [0.4, 0.5) is 0 Å². The highest BCUT2D eigenvalue weighted by atomic mass is 32.2. The van der Waals surface area contributed by atoms with Crippen molar-refractivity contribution in [1.82, 2.24) is 5.32 Å². The summed E-state index contributed by atoms with van der Waals surface area (Å²) in [6.07, 6.45) is 0. The smallest absolute Gasteiger partial charge is 0.251 e. The molecule has 1 aromatic rings. The van der Waals surface area contributed by atoms with Gasteiger partial charge in [-0.3, -0.25) is 4.79 Å². The number of hydrogen-bond acceptors (Lipinski definition) is 2. The molecule has 1 N–H and O–H groups in total. The number of hydrogen-bond donors (Lipinski definition) is 1. The standard InChI is InChI=1S/C13H17NOS/c1-9-4-5-11(6-10(9)2)12(15)14-13(3)7-16-8-13/h4-6H,7-8H2,1-3H3,(H,14,15). The number of amides is 1. The van der Waals surface area contributed by atoms with Crippen LogP contribution in [0.25, 0.3) is 0 Å². The molecule has 0 aromatic heterocycles. The zero-order chi connectivity index (χ0) is 11.8. The molecule has 0 radical (unpaired) electrons. The lowest BCUT2D eigenvalue weighted by atomic mass is 10.0. The topological polar surface area (TPSA) is 29.1 Å². The number of rotatable bonds is 2. The summed E-state index contributed by atoms with van der Waals surface area (Å²) in [6.45, 7) is 6.19. The Hall–Kier alpha value is -0.960.